The Morgan fingerprint density at radius 1 is 1.24 bits per heavy atom. The predicted molar refractivity (Wildman–Crippen MR) is 88.2 cm³/mol. The normalized spacial score (nSPS) is 11.8. The lowest BCUT2D eigenvalue weighted by Gasteiger charge is -2.25. The lowest BCUT2D eigenvalue weighted by molar-refractivity contribution is 0.124. The van der Waals surface area contributed by atoms with Gasteiger partial charge in [-0.3, -0.25) is 9.88 Å². The van der Waals surface area contributed by atoms with Crippen molar-refractivity contribution in [3.8, 4) is 0 Å². The molecule has 120 valence electrons. The standard InChI is InChI=1S/C17H31N3O/c1-14(2)10-18-11-16-6-7-17(19-12-16)13-20(15(3)4)8-9-21-5/h6-7,12,14-15,18H,8-11,13H2,1-5H3. The smallest absolute Gasteiger partial charge is 0.0589 e. The fraction of sp³-hybridized carbons (Fsp3) is 0.706. The molecule has 0 saturated carbocycles. The van der Waals surface area contributed by atoms with Crippen LogP contribution in [0.15, 0.2) is 18.3 Å². The summed E-state index contributed by atoms with van der Waals surface area (Å²) in [5, 5.41) is 3.44. The van der Waals surface area contributed by atoms with Gasteiger partial charge in [0.1, 0.15) is 0 Å². The Balaban J connectivity index is 2.48. The molecule has 0 aliphatic carbocycles. The summed E-state index contributed by atoms with van der Waals surface area (Å²) in [6, 6.07) is 4.80. The van der Waals surface area contributed by atoms with Gasteiger partial charge in [0.25, 0.3) is 0 Å². The van der Waals surface area contributed by atoms with Gasteiger partial charge in [-0.1, -0.05) is 19.9 Å². The summed E-state index contributed by atoms with van der Waals surface area (Å²) in [5.41, 5.74) is 2.36. The highest BCUT2D eigenvalue weighted by Gasteiger charge is 2.10. The van der Waals surface area contributed by atoms with E-state index in [0.717, 1.165) is 38.5 Å². The van der Waals surface area contributed by atoms with Crippen LogP contribution in [0.3, 0.4) is 0 Å². The van der Waals surface area contributed by atoms with E-state index < -0.39 is 0 Å². The van der Waals surface area contributed by atoms with Gasteiger partial charge in [0.05, 0.1) is 12.3 Å². The molecular formula is C17H31N3O. The van der Waals surface area contributed by atoms with E-state index in [9.17, 15) is 0 Å². The molecule has 0 aromatic carbocycles. The highest BCUT2D eigenvalue weighted by Crippen LogP contribution is 2.07. The molecule has 0 fully saturated rings. The summed E-state index contributed by atoms with van der Waals surface area (Å²) in [4.78, 5) is 6.96. The first-order valence-electron chi connectivity index (χ1n) is 7.90. The molecule has 1 rings (SSSR count). The molecule has 0 aliphatic heterocycles. The molecule has 1 aromatic rings. The first-order valence-corrected chi connectivity index (χ1v) is 7.90. The van der Waals surface area contributed by atoms with Crippen molar-refractivity contribution in [3.63, 3.8) is 0 Å². The number of nitrogens with zero attached hydrogens (tertiary/aromatic N) is 2. The summed E-state index contributed by atoms with van der Waals surface area (Å²) >= 11 is 0. The Kier molecular flexibility index (Phi) is 8.50. The summed E-state index contributed by atoms with van der Waals surface area (Å²) in [6.45, 7) is 13.4. The fourth-order valence-corrected chi connectivity index (χ4v) is 2.09. The van der Waals surface area contributed by atoms with Gasteiger partial charge in [-0.05, 0) is 37.9 Å². The minimum absolute atomic E-state index is 0.495. The lowest BCUT2D eigenvalue weighted by Crippen LogP contribution is -2.33. The van der Waals surface area contributed by atoms with Crippen molar-refractivity contribution in [2.45, 2.75) is 46.8 Å². The Hall–Kier alpha value is -0.970. The number of hydrogen-bond acceptors (Lipinski definition) is 4. The van der Waals surface area contributed by atoms with Crippen LogP contribution in [0, 0.1) is 5.92 Å². The van der Waals surface area contributed by atoms with Gasteiger partial charge in [-0.15, -0.1) is 0 Å². The van der Waals surface area contributed by atoms with Crippen LogP contribution in [-0.4, -0.2) is 42.7 Å². The van der Waals surface area contributed by atoms with Crippen LogP contribution in [-0.2, 0) is 17.8 Å². The average molecular weight is 293 g/mol. The highest BCUT2D eigenvalue weighted by atomic mass is 16.5. The maximum Gasteiger partial charge on any atom is 0.0589 e. The van der Waals surface area contributed by atoms with E-state index in [2.05, 4.69) is 55.0 Å². The second-order valence-corrected chi connectivity index (χ2v) is 6.24. The number of hydrogen-bond donors (Lipinski definition) is 1. The van der Waals surface area contributed by atoms with Crippen LogP contribution in [0.1, 0.15) is 39.0 Å². The van der Waals surface area contributed by atoms with Crippen molar-refractivity contribution < 1.29 is 4.74 Å². The van der Waals surface area contributed by atoms with Gasteiger partial charge < -0.3 is 10.1 Å². The fourth-order valence-electron chi connectivity index (χ4n) is 2.09. The summed E-state index contributed by atoms with van der Waals surface area (Å²) in [6.07, 6.45) is 1.98. The Bertz CT molecular complexity index is 376. The number of ether oxygens (including phenoxy) is 1. The molecule has 1 N–H and O–H groups in total. The average Bonchev–Trinajstić information content (AvgIpc) is 2.44. The zero-order chi connectivity index (χ0) is 15.7. The molecule has 0 saturated heterocycles. The van der Waals surface area contributed by atoms with E-state index in [0.29, 0.717) is 12.0 Å². The third kappa shape index (κ3) is 7.55. The second kappa shape index (κ2) is 9.87. The molecule has 0 unspecified atom stereocenters. The van der Waals surface area contributed by atoms with Crippen molar-refractivity contribution in [1.29, 1.82) is 0 Å². The first-order chi connectivity index (χ1) is 10.0. The van der Waals surface area contributed by atoms with E-state index in [1.807, 2.05) is 6.20 Å². The van der Waals surface area contributed by atoms with Crippen LogP contribution in [0.2, 0.25) is 0 Å². The Morgan fingerprint density at radius 2 is 2.00 bits per heavy atom. The number of nitrogens with one attached hydrogen (secondary N) is 1. The van der Waals surface area contributed by atoms with E-state index in [1.165, 1.54) is 5.56 Å². The number of aromatic nitrogens is 1. The summed E-state index contributed by atoms with van der Waals surface area (Å²) in [7, 11) is 1.75. The van der Waals surface area contributed by atoms with E-state index in [-0.39, 0.29) is 0 Å². The zero-order valence-corrected chi connectivity index (χ0v) is 14.2. The SMILES string of the molecule is COCCN(Cc1ccc(CNCC(C)C)cn1)C(C)C. The monoisotopic (exact) mass is 293 g/mol. The molecule has 4 nitrogen and oxygen atoms in total. The summed E-state index contributed by atoms with van der Waals surface area (Å²) < 4.78 is 5.17. The molecular weight excluding hydrogens is 262 g/mol. The number of rotatable bonds is 10. The van der Waals surface area contributed by atoms with E-state index in [4.69, 9.17) is 4.74 Å². The maximum atomic E-state index is 5.17. The van der Waals surface area contributed by atoms with Crippen molar-refractivity contribution in [2.24, 2.45) is 5.92 Å². The van der Waals surface area contributed by atoms with E-state index >= 15 is 0 Å². The molecule has 0 spiro atoms. The number of methoxy groups -OCH3 is 1. The quantitative estimate of drug-likeness (QED) is 0.720. The third-order valence-corrected chi connectivity index (χ3v) is 3.45. The van der Waals surface area contributed by atoms with Gasteiger partial charge >= 0.3 is 0 Å². The first kappa shape index (κ1) is 18.1. The molecule has 21 heavy (non-hydrogen) atoms. The van der Waals surface area contributed by atoms with Gasteiger partial charge in [0.2, 0.25) is 0 Å². The van der Waals surface area contributed by atoms with Crippen molar-refractivity contribution in [1.82, 2.24) is 15.2 Å². The van der Waals surface area contributed by atoms with Crippen molar-refractivity contribution in [2.75, 3.05) is 26.8 Å². The predicted octanol–water partition coefficient (Wildman–Crippen LogP) is 2.68. The molecule has 0 atom stereocenters. The van der Waals surface area contributed by atoms with Crippen LogP contribution in [0.4, 0.5) is 0 Å². The van der Waals surface area contributed by atoms with Gasteiger partial charge in [-0.25, -0.2) is 0 Å². The van der Waals surface area contributed by atoms with Gasteiger partial charge in [0, 0.05) is 39.0 Å². The molecule has 1 aromatic heterocycles. The molecule has 4 heteroatoms. The topological polar surface area (TPSA) is 37.4 Å². The van der Waals surface area contributed by atoms with Crippen LogP contribution < -0.4 is 5.32 Å². The third-order valence-electron chi connectivity index (χ3n) is 3.45. The number of pyridine rings is 1. The highest BCUT2D eigenvalue weighted by molar-refractivity contribution is 5.14. The van der Waals surface area contributed by atoms with E-state index in [1.54, 1.807) is 7.11 Å². The van der Waals surface area contributed by atoms with Crippen LogP contribution in [0.25, 0.3) is 0 Å². The maximum absolute atomic E-state index is 5.17. The summed E-state index contributed by atoms with van der Waals surface area (Å²) in [5.74, 6) is 0.678. The van der Waals surface area contributed by atoms with Crippen molar-refractivity contribution >= 4 is 0 Å². The minimum Gasteiger partial charge on any atom is -0.383 e. The second-order valence-electron chi connectivity index (χ2n) is 6.24. The lowest BCUT2D eigenvalue weighted by atomic mass is 10.2. The molecule has 1 heterocycles. The minimum atomic E-state index is 0.495. The molecule has 0 bridgehead atoms. The molecule has 0 amide bonds. The zero-order valence-electron chi connectivity index (χ0n) is 14.2. The van der Waals surface area contributed by atoms with Crippen LogP contribution in [0.5, 0.6) is 0 Å². The van der Waals surface area contributed by atoms with Gasteiger partial charge in [-0.2, -0.15) is 0 Å². The van der Waals surface area contributed by atoms with Crippen molar-refractivity contribution in [3.05, 3.63) is 29.6 Å². The molecule has 0 radical (unpaired) electrons. The van der Waals surface area contributed by atoms with Gasteiger partial charge in [0.15, 0.2) is 0 Å². The largest absolute Gasteiger partial charge is 0.383 e. The Labute approximate surface area is 129 Å². The van der Waals surface area contributed by atoms with Crippen LogP contribution >= 0.6 is 0 Å². The molecule has 0 aliphatic rings. The Morgan fingerprint density at radius 3 is 2.52 bits per heavy atom.